The average Bonchev–Trinajstić information content (AvgIpc) is 3.63. The van der Waals surface area contributed by atoms with E-state index in [1.165, 1.54) is 37.1 Å². The topological polar surface area (TPSA) is 73.2 Å². The number of anilines is 2. The first-order chi connectivity index (χ1) is 18.0. The monoisotopic (exact) mass is 511 g/mol. The van der Waals surface area contributed by atoms with Gasteiger partial charge in [0.25, 0.3) is 5.91 Å². The summed E-state index contributed by atoms with van der Waals surface area (Å²) in [5.41, 5.74) is 2.66. The molecular formula is C30H29N3O3S. The fourth-order valence-corrected chi connectivity index (χ4v) is 6.81. The van der Waals surface area contributed by atoms with Gasteiger partial charge in [-0.3, -0.25) is 9.59 Å². The van der Waals surface area contributed by atoms with Crippen LogP contribution in [0.2, 0.25) is 0 Å². The van der Waals surface area contributed by atoms with Gasteiger partial charge in [-0.25, -0.2) is 0 Å². The third kappa shape index (κ3) is 4.21. The predicted molar refractivity (Wildman–Crippen MR) is 148 cm³/mol. The molecule has 0 aromatic heterocycles. The van der Waals surface area contributed by atoms with Crippen LogP contribution in [0.3, 0.4) is 0 Å². The van der Waals surface area contributed by atoms with E-state index in [-0.39, 0.29) is 28.3 Å². The average molecular weight is 512 g/mol. The van der Waals surface area contributed by atoms with E-state index in [2.05, 4.69) is 22.1 Å². The lowest BCUT2D eigenvalue weighted by Crippen LogP contribution is -2.30. The quantitative estimate of drug-likeness (QED) is 0.447. The number of para-hydroxylation sites is 2. The van der Waals surface area contributed by atoms with Crippen molar-refractivity contribution < 1.29 is 14.7 Å². The molecule has 2 heterocycles. The molecule has 6 rings (SSSR count). The molecule has 4 aliphatic rings. The normalized spacial score (nSPS) is 22.8. The van der Waals surface area contributed by atoms with Gasteiger partial charge in [0.2, 0.25) is 5.78 Å². The number of Topliss-reactive ketones (excluding diaryl/α,β-unsaturated/α-hetero) is 1. The van der Waals surface area contributed by atoms with Crippen molar-refractivity contribution in [3.05, 3.63) is 88.2 Å². The molecule has 0 saturated heterocycles. The lowest BCUT2D eigenvalue weighted by Gasteiger charge is -2.24. The number of hydrazone groups is 1. The summed E-state index contributed by atoms with van der Waals surface area (Å²) in [5, 5.41) is 17.5. The van der Waals surface area contributed by atoms with E-state index in [4.69, 9.17) is 0 Å². The number of fused-ring (bicyclic) bond motifs is 1. The minimum absolute atomic E-state index is 0.0600. The van der Waals surface area contributed by atoms with Crippen LogP contribution in [0.4, 0.5) is 11.4 Å². The highest BCUT2D eigenvalue weighted by Crippen LogP contribution is 2.48. The Labute approximate surface area is 221 Å². The third-order valence-corrected chi connectivity index (χ3v) is 8.72. The van der Waals surface area contributed by atoms with Crippen LogP contribution >= 0.6 is 11.8 Å². The number of hydrogen-bond donors (Lipinski definition) is 1. The van der Waals surface area contributed by atoms with Crippen molar-refractivity contribution in [3.63, 3.8) is 0 Å². The maximum Gasteiger partial charge on any atom is 0.281 e. The molecule has 1 fully saturated rings. The number of carbonyl (C=O) groups is 2. The highest BCUT2D eigenvalue weighted by Gasteiger charge is 2.42. The standard InChI is InChI=1S/C30H29N3O3S/c1-19-26(30(36)33(31-19)21-13-3-2-4-14-21)27-28(34)22(29(27)35)18-25-32(17-9-12-20-10-5-6-11-20)23-15-7-8-16-24(23)37-25/h2-4,7-8,13-16,18,20,34H,5-6,9-12,17H2,1H3/b25-18-,27-26+. The van der Waals surface area contributed by atoms with Gasteiger partial charge in [-0.2, -0.15) is 10.1 Å². The lowest BCUT2D eigenvalue weighted by molar-refractivity contribution is -0.116. The molecule has 2 aliphatic carbocycles. The molecule has 2 aliphatic heterocycles. The van der Waals surface area contributed by atoms with Crippen molar-refractivity contribution in [1.82, 2.24) is 0 Å². The number of hydrogen-bond acceptors (Lipinski definition) is 6. The number of amides is 1. The number of rotatable bonds is 6. The van der Waals surface area contributed by atoms with E-state index in [9.17, 15) is 14.7 Å². The molecular weight excluding hydrogens is 482 g/mol. The number of nitrogens with zero attached hydrogens (tertiary/aromatic N) is 3. The Kier molecular flexibility index (Phi) is 6.24. The maximum absolute atomic E-state index is 13.3. The molecule has 6 nitrogen and oxygen atoms in total. The summed E-state index contributed by atoms with van der Waals surface area (Å²) in [6.07, 6.45) is 9.46. The van der Waals surface area contributed by atoms with E-state index >= 15 is 0 Å². The van der Waals surface area contributed by atoms with Crippen LogP contribution < -0.4 is 9.91 Å². The Morgan fingerprint density at radius 3 is 2.51 bits per heavy atom. The van der Waals surface area contributed by atoms with E-state index in [1.54, 1.807) is 36.9 Å². The second kappa shape index (κ2) is 9.71. The molecule has 1 N–H and O–H groups in total. The van der Waals surface area contributed by atoms with Gasteiger partial charge in [0, 0.05) is 11.4 Å². The van der Waals surface area contributed by atoms with Gasteiger partial charge >= 0.3 is 0 Å². The number of aliphatic hydroxyl groups is 1. The molecule has 0 spiro atoms. The molecule has 0 unspecified atom stereocenters. The van der Waals surface area contributed by atoms with Gasteiger partial charge in [0.1, 0.15) is 5.76 Å². The Bertz CT molecular complexity index is 1400. The summed E-state index contributed by atoms with van der Waals surface area (Å²) in [5.74, 6) is -0.0223. The van der Waals surface area contributed by atoms with Crippen molar-refractivity contribution in [1.29, 1.82) is 0 Å². The Hall–Kier alpha value is -3.58. The fourth-order valence-electron chi connectivity index (χ4n) is 5.68. The first kappa shape index (κ1) is 23.8. The lowest BCUT2D eigenvalue weighted by atomic mass is 9.83. The second-order valence-corrected chi connectivity index (χ2v) is 11.0. The van der Waals surface area contributed by atoms with Gasteiger partial charge in [-0.15, -0.1) is 0 Å². The van der Waals surface area contributed by atoms with Gasteiger partial charge in [0.15, 0.2) is 0 Å². The molecule has 1 amide bonds. The number of aliphatic hydroxyl groups excluding tert-OH is 1. The highest BCUT2D eigenvalue weighted by molar-refractivity contribution is 8.03. The molecule has 0 atom stereocenters. The van der Waals surface area contributed by atoms with Crippen molar-refractivity contribution >= 4 is 40.5 Å². The summed E-state index contributed by atoms with van der Waals surface area (Å²) in [6.45, 7) is 2.56. The third-order valence-electron chi connectivity index (χ3n) is 7.61. The molecule has 2 aromatic rings. The number of ketones is 1. The summed E-state index contributed by atoms with van der Waals surface area (Å²) in [4.78, 5) is 29.8. The second-order valence-electron chi connectivity index (χ2n) is 9.98. The van der Waals surface area contributed by atoms with E-state index < -0.39 is 5.91 Å². The summed E-state index contributed by atoms with van der Waals surface area (Å²) in [6, 6.07) is 17.3. The molecule has 188 valence electrons. The van der Waals surface area contributed by atoms with Crippen LogP contribution in [0.25, 0.3) is 0 Å². The highest BCUT2D eigenvalue weighted by atomic mass is 32.2. The summed E-state index contributed by atoms with van der Waals surface area (Å²) < 4.78 is 0. The van der Waals surface area contributed by atoms with Crippen LogP contribution in [-0.2, 0) is 9.59 Å². The first-order valence-corrected chi connectivity index (χ1v) is 13.8. The largest absolute Gasteiger partial charge is 0.506 e. The van der Waals surface area contributed by atoms with Crippen LogP contribution in [-0.4, -0.2) is 29.1 Å². The van der Waals surface area contributed by atoms with E-state index in [1.807, 2.05) is 30.3 Å². The van der Waals surface area contributed by atoms with Crippen molar-refractivity contribution in [2.45, 2.75) is 50.3 Å². The summed E-state index contributed by atoms with van der Waals surface area (Å²) >= 11 is 1.62. The number of thioether (sulfide) groups is 1. The van der Waals surface area contributed by atoms with Gasteiger partial charge in [0.05, 0.1) is 38.8 Å². The van der Waals surface area contributed by atoms with Crippen LogP contribution in [0.5, 0.6) is 0 Å². The molecule has 7 heteroatoms. The fraction of sp³-hybridized carbons (Fsp3) is 0.300. The van der Waals surface area contributed by atoms with Crippen LogP contribution in [0, 0.1) is 5.92 Å². The zero-order valence-corrected chi connectivity index (χ0v) is 21.6. The zero-order valence-electron chi connectivity index (χ0n) is 20.8. The Morgan fingerprint density at radius 1 is 1.03 bits per heavy atom. The Morgan fingerprint density at radius 2 is 1.76 bits per heavy atom. The van der Waals surface area contributed by atoms with Crippen molar-refractivity contribution in [3.8, 4) is 0 Å². The molecule has 0 radical (unpaired) electrons. The van der Waals surface area contributed by atoms with Crippen LogP contribution in [0.15, 0.2) is 98.2 Å². The zero-order chi connectivity index (χ0) is 25.5. The smallest absolute Gasteiger partial charge is 0.281 e. The molecule has 1 saturated carbocycles. The molecule has 0 bridgehead atoms. The van der Waals surface area contributed by atoms with Crippen LogP contribution in [0.1, 0.15) is 45.4 Å². The predicted octanol–water partition coefficient (Wildman–Crippen LogP) is 6.52. The minimum atomic E-state index is -0.401. The SMILES string of the molecule is CC1=NN(c2ccccc2)C(=O)/C1=C1/C(=O)C(/C=C2\Sc3ccccc3N2CCCC2CCCC2)=C1O. The number of carbonyl (C=O) groups excluding carboxylic acids is 2. The van der Waals surface area contributed by atoms with Gasteiger partial charge in [-0.05, 0) is 56.0 Å². The van der Waals surface area contributed by atoms with Crippen molar-refractivity contribution in [2.24, 2.45) is 11.0 Å². The van der Waals surface area contributed by atoms with E-state index in [0.29, 0.717) is 11.4 Å². The molecule has 2 aromatic carbocycles. The van der Waals surface area contributed by atoms with Gasteiger partial charge in [-0.1, -0.05) is 67.8 Å². The molecule has 37 heavy (non-hydrogen) atoms. The first-order valence-electron chi connectivity index (χ1n) is 13.0. The number of benzene rings is 2. The maximum atomic E-state index is 13.3. The minimum Gasteiger partial charge on any atom is -0.506 e. The summed E-state index contributed by atoms with van der Waals surface area (Å²) in [7, 11) is 0. The Balaban J connectivity index is 1.27. The van der Waals surface area contributed by atoms with Crippen molar-refractivity contribution in [2.75, 3.05) is 16.5 Å². The van der Waals surface area contributed by atoms with Gasteiger partial charge < -0.3 is 10.0 Å². The van der Waals surface area contributed by atoms with E-state index in [0.717, 1.165) is 34.5 Å². The number of allylic oxidation sites excluding steroid dienone is 3.